The van der Waals surface area contributed by atoms with Gasteiger partial charge in [0.2, 0.25) is 0 Å². The van der Waals surface area contributed by atoms with Crippen LogP contribution >= 0.6 is 11.3 Å². The molecule has 0 bridgehead atoms. The molecule has 0 aliphatic carbocycles. The van der Waals surface area contributed by atoms with Gasteiger partial charge in [0, 0.05) is 15.8 Å². The summed E-state index contributed by atoms with van der Waals surface area (Å²) in [6.07, 6.45) is 2.25. The van der Waals surface area contributed by atoms with Gasteiger partial charge in [-0.15, -0.1) is 11.3 Å². The van der Waals surface area contributed by atoms with E-state index in [1.165, 1.54) is 32.9 Å². The molecule has 0 aliphatic heterocycles. The second-order valence-corrected chi connectivity index (χ2v) is 6.91. The third-order valence-electron chi connectivity index (χ3n) is 3.67. The molecule has 1 unspecified atom stereocenters. The van der Waals surface area contributed by atoms with Gasteiger partial charge in [0.1, 0.15) is 0 Å². The lowest BCUT2D eigenvalue weighted by Crippen LogP contribution is -2.23. The Balaban J connectivity index is 2.21. The zero-order valence-electron chi connectivity index (χ0n) is 13.0. The molecule has 108 valence electrons. The molecular weight excluding hydrogens is 262 g/mol. The first-order chi connectivity index (χ1) is 9.60. The maximum absolute atomic E-state index is 3.70. The van der Waals surface area contributed by atoms with Gasteiger partial charge < -0.3 is 5.32 Å². The molecule has 1 N–H and O–H groups in total. The minimum Gasteiger partial charge on any atom is -0.309 e. The highest BCUT2D eigenvalue weighted by Gasteiger charge is 2.14. The predicted molar refractivity (Wildman–Crippen MR) is 89.7 cm³/mol. The number of aryl methyl sites for hydroxylation is 3. The van der Waals surface area contributed by atoms with Gasteiger partial charge >= 0.3 is 0 Å². The number of nitrogens with one attached hydrogen (secondary N) is 1. The van der Waals surface area contributed by atoms with Crippen molar-refractivity contribution in [3.63, 3.8) is 0 Å². The lowest BCUT2D eigenvalue weighted by atomic mass is 9.98. The molecule has 2 aromatic rings. The molecule has 2 rings (SSSR count). The molecule has 0 saturated carbocycles. The van der Waals surface area contributed by atoms with Crippen LogP contribution in [-0.2, 0) is 6.42 Å². The Morgan fingerprint density at radius 1 is 1.10 bits per heavy atom. The van der Waals surface area contributed by atoms with E-state index in [1.54, 1.807) is 0 Å². The molecule has 1 atom stereocenters. The smallest absolute Gasteiger partial charge is 0.0455 e. The zero-order chi connectivity index (χ0) is 14.5. The Morgan fingerprint density at radius 2 is 1.90 bits per heavy atom. The van der Waals surface area contributed by atoms with Crippen molar-refractivity contribution in [2.45, 2.75) is 46.6 Å². The quantitative estimate of drug-likeness (QED) is 0.792. The van der Waals surface area contributed by atoms with Crippen LogP contribution in [0.3, 0.4) is 0 Å². The summed E-state index contributed by atoms with van der Waals surface area (Å²) >= 11 is 1.91. The van der Waals surface area contributed by atoms with E-state index in [1.807, 2.05) is 11.3 Å². The maximum atomic E-state index is 3.70. The van der Waals surface area contributed by atoms with E-state index >= 15 is 0 Å². The number of benzene rings is 1. The molecule has 0 saturated heterocycles. The van der Waals surface area contributed by atoms with Gasteiger partial charge in [0.05, 0.1) is 0 Å². The van der Waals surface area contributed by atoms with Crippen molar-refractivity contribution in [2.24, 2.45) is 0 Å². The fourth-order valence-corrected chi connectivity index (χ4v) is 3.43. The van der Waals surface area contributed by atoms with Gasteiger partial charge in [-0.2, -0.15) is 0 Å². The monoisotopic (exact) mass is 287 g/mol. The molecule has 0 radical (unpaired) electrons. The van der Waals surface area contributed by atoms with E-state index in [-0.39, 0.29) is 0 Å². The topological polar surface area (TPSA) is 12.0 Å². The minimum absolute atomic E-state index is 0.439. The molecule has 0 spiro atoms. The Hall–Kier alpha value is -1.12. The number of hydrogen-bond acceptors (Lipinski definition) is 2. The van der Waals surface area contributed by atoms with Crippen molar-refractivity contribution >= 4 is 11.3 Å². The fourth-order valence-electron chi connectivity index (χ4n) is 2.47. The highest BCUT2D eigenvalue weighted by atomic mass is 32.1. The third kappa shape index (κ3) is 3.94. The molecule has 20 heavy (non-hydrogen) atoms. The van der Waals surface area contributed by atoms with Gasteiger partial charge in [-0.05, 0) is 63.4 Å². The first-order valence-electron chi connectivity index (χ1n) is 7.46. The van der Waals surface area contributed by atoms with Crippen LogP contribution in [0, 0.1) is 20.8 Å². The van der Waals surface area contributed by atoms with Crippen LogP contribution in [0.1, 0.15) is 45.8 Å². The lowest BCUT2D eigenvalue weighted by Gasteiger charge is -2.19. The van der Waals surface area contributed by atoms with E-state index in [2.05, 4.69) is 63.3 Å². The molecule has 0 fully saturated rings. The molecule has 1 aromatic carbocycles. The van der Waals surface area contributed by atoms with Crippen LogP contribution in [0.2, 0.25) is 0 Å². The van der Waals surface area contributed by atoms with Crippen molar-refractivity contribution in [1.82, 2.24) is 5.32 Å². The van der Waals surface area contributed by atoms with E-state index in [4.69, 9.17) is 0 Å². The Labute approximate surface area is 127 Å². The van der Waals surface area contributed by atoms with Gasteiger partial charge in [0.25, 0.3) is 0 Å². The Kier molecular flexibility index (Phi) is 5.38. The molecule has 0 aliphatic rings. The zero-order valence-corrected chi connectivity index (χ0v) is 13.8. The highest BCUT2D eigenvalue weighted by Crippen LogP contribution is 2.27. The molecular formula is C18H25NS. The molecule has 1 heterocycles. The van der Waals surface area contributed by atoms with Crippen molar-refractivity contribution in [3.05, 3.63) is 56.8 Å². The number of hydrogen-bond donors (Lipinski definition) is 1. The predicted octanol–water partition coefficient (Wildman–Crippen LogP) is 4.96. The van der Waals surface area contributed by atoms with Crippen molar-refractivity contribution < 1.29 is 0 Å². The summed E-state index contributed by atoms with van der Waals surface area (Å²) in [5, 5.41) is 3.70. The van der Waals surface area contributed by atoms with Crippen molar-refractivity contribution in [2.75, 3.05) is 6.54 Å². The fraction of sp³-hybridized carbons (Fsp3) is 0.444. The second-order valence-electron chi connectivity index (χ2n) is 5.59. The normalized spacial score (nSPS) is 12.6. The highest BCUT2D eigenvalue weighted by molar-refractivity contribution is 7.12. The summed E-state index contributed by atoms with van der Waals surface area (Å²) in [7, 11) is 0. The largest absolute Gasteiger partial charge is 0.309 e. The van der Waals surface area contributed by atoms with Crippen LogP contribution in [0.4, 0.5) is 0 Å². The summed E-state index contributed by atoms with van der Waals surface area (Å²) in [5.74, 6) is 0. The number of thiophene rings is 1. The summed E-state index contributed by atoms with van der Waals surface area (Å²) < 4.78 is 0. The second kappa shape index (κ2) is 7.05. The first kappa shape index (κ1) is 15.3. The van der Waals surface area contributed by atoms with E-state index in [0.29, 0.717) is 6.04 Å². The van der Waals surface area contributed by atoms with E-state index in [0.717, 1.165) is 13.0 Å². The minimum atomic E-state index is 0.439. The summed E-state index contributed by atoms with van der Waals surface area (Å²) in [6, 6.07) is 11.7. The Morgan fingerprint density at radius 3 is 2.55 bits per heavy atom. The van der Waals surface area contributed by atoms with E-state index in [9.17, 15) is 0 Å². The average Bonchev–Trinajstić information content (AvgIpc) is 2.85. The maximum Gasteiger partial charge on any atom is 0.0455 e. The standard InChI is InChI=1S/C18H25NS/c1-5-10-19-17(18-9-8-15(4)20-18)12-16-11-13(2)6-7-14(16)3/h6-9,11,17,19H,5,10,12H2,1-4H3. The van der Waals surface area contributed by atoms with Gasteiger partial charge in [-0.25, -0.2) is 0 Å². The van der Waals surface area contributed by atoms with Crippen LogP contribution in [0.5, 0.6) is 0 Å². The molecule has 0 amide bonds. The van der Waals surface area contributed by atoms with Crippen molar-refractivity contribution in [3.8, 4) is 0 Å². The Bertz CT molecular complexity index is 556. The van der Waals surface area contributed by atoms with E-state index < -0.39 is 0 Å². The molecule has 1 nitrogen and oxygen atoms in total. The molecule has 2 heteroatoms. The summed E-state index contributed by atoms with van der Waals surface area (Å²) in [6.45, 7) is 9.87. The van der Waals surface area contributed by atoms with Gasteiger partial charge in [-0.3, -0.25) is 0 Å². The van der Waals surface area contributed by atoms with Crippen molar-refractivity contribution in [1.29, 1.82) is 0 Å². The van der Waals surface area contributed by atoms with Crippen LogP contribution in [0.25, 0.3) is 0 Å². The summed E-state index contributed by atoms with van der Waals surface area (Å²) in [4.78, 5) is 2.85. The first-order valence-corrected chi connectivity index (χ1v) is 8.27. The van der Waals surface area contributed by atoms with Gasteiger partial charge in [-0.1, -0.05) is 30.7 Å². The molecule has 1 aromatic heterocycles. The lowest BCUT2D eigenvalue weighted by molar-refractivity contribution is 0.535. The van der Waals surface area contributed by atoms with Crippen LogP contribution in [0.15, 0.2) is 30.3 Å². The SMILES string of the molecule is CCCNC(Cc1cc(C)ccc1C)c1ccc(C)s1. The third-order valence-corrected chi connectivity index (χ3v) is 4.79. The average molecular weight is 287 g/mol. The number of rotatable bonds is 6. The summed E-state index contributed by atoms with van der Waals surface area (Å²) in [5.41, 5.74) is 4.21. The van der Waals surface area contributed by atoms with Gasteiger partial charge in [0.15, 0.2) is 0 Å². The van der Waals surface area contributed by atoms with Crippen LogP contribution in [-0.4, -0.2) is 6.54 Å². The van der Waals surface area contributed by atoms with Crippen LogP contribution < -0.4 is 5.32 Å².